The molecule has 0 spiro atoms. The van der Waals surface area contributed by atoms with Gasteiger partial charge in [0, 0.05) is 24.0 Å². The summed E-state index contributed by atoms with van der Waals surface area (Å²) >= 11 is 0. The van der Waals surface area contributed by atoms with E-state index in [4.69, 9.17) is 0 Å². The number of rotatable bonds is 3. The van der Waals surface area contributed by atoms with Crippen LogP contribution in [0.2, 0.25) is 0 Å². The highest BCUT2D eigenvalue weighted by Gasteiger charge is 2.29. The van der Waals surface area contributed by atoms with Gasteiger partial charge in [-0.25, -0.2) is 0 Å². The van der Waals surface area contributed by atoms with Gasteiger partial charge < -0.3 is 5.32 Å². The van der Waals surface area contributed by atoms with Gasteiger partial charge in [0.25, 0.3) is 0 Å². The second-order valence-electron chi connectivity index (χ2n) is 4.71. The third-order valence-electron chi connectivity index (χ3n) is 3.25. The lowest BCUT2D eigenvalue weighted by Gasteiger charge is -2.11. The monoisotopic (exact) mass is 253 g/mol. The minimum absolute atomic E-state index is 0.00321. The van der Waals surface area contributed by atoms with E-state index in [1.165, 1.54) is 0 Å². The number of nitrogens with zero attached hydrogens (tertiary/aromatic N) is 1. The standard InChI is InChI=1S/C15H15N3O/c1-10-5-6-13-12(8-10)14(15(19)18-13)17-9-11-4-2-3-7-16-11/h2-8,14,17H,9H2,1H3,(H,18,19). The summed E-state index contributed by atoms with van der Waals surface area (Å²) in [4.78, 5) is 16.2. The van der Waals surface area contributed by atoms with Crippen LogP contribution in [0.15, 0.2) is 42.6 Å². The van der Waals surface area contributed by atoms with Crippen molar-refractivity contribution in [3.8, 4) is 0 Å². The van der Waals surface area contributed by atoms with Crippen molar-refractivity contribution in [1.29, 1.82) is 0 Å². The second-order valence-corrected chi connectivity index (χ2v) is 4.71. The lowest BCUT2D eigenvalue weighted by atomic mass is 10.1. The van der Waals surface area contributed by atoms with Crippen LogP contribution in [0.5, 0.6) is 0 Å². The van der Waals surface area contributed by atoms with Crippen molar-refractivity contribution < 1.29 is 4.79 Å². The van der Waals surface area contributed by atoms with Crippen molar-refractivity contribution in [2.24, 2.45) is 0 Å². The number of fused-ring (bicyclic) bond motifs is 1. The number of carbonyl (C=O) groups is 1. The molecule has 2 heterocycles. The molecule has 3 rings (SSSR count). The lowest BCUT2D eigenvalue weighted by molar-refractivity contribution is -0.117. The molecule has 1 unspecified atom stereocenters. The van der Waals surface area contributed by atoms with Crippen LogP contribution in [0, 0.1) is 6.92 Å². The van der Waals surface area contributed by atoms with E-state index in [1.807, 2.05) is 43.3 Å². The van der Waals surface area contributed by atoms with E-state index in [0.717, 1.165) is 22.5 Å². The number of aromatic nitrogens is 1. The number of hydrogen-bond acceptors (Lipinski definition) is 3. The van der Waals surface area contributed by atoms with Crippen molar-refractivity contribution in [2.75, 3.05) is 5.32 Å². The van der Waals surface area contributed by atoms with Crippen LogP contribution in [0.1, 0.15) is 22.9 Å². The van der Waals surface area contributed by atoms with Gasteiger partial charge in [-0.1, -0.05) is 23.8 Å². The molecule has 4 heteroatoms. The van der Waals surface area contributed by atoms with Gasteiger partial charge in [0.1, 0.15) is 6.04 Å². The zero-order chi connectivity index (χ0) is 13.2. The van der Waals surface area contributed by atoms with E-state index in [0.29, 0.717) is 6.54 Å². The number of benzene rings is 1. The Labute approximate surface area is 111 Å². The molecule has 0 fully saturated rings. The van der Waals surface area contributed by atoms with Crippen LogP contribution in [0.4, 0.5) is 5.69 Å². The highest BCUT2D eigenvalue weighted by atomic mass is 16.2. The summed E-state index contributed by atoms with van der Waals surface area (Å²) in [5.74, 6) is -0.00321. The summed E-state index contributed by atoms with van der Waals surface area (Å²) in [5, 5.41) is 6.15. The second kappa shape index (κ2) is 4.82. The van der Waals surface area contributed by atoms with Crippen molar-refractivity contribution in [3.63, 3.8) is 0 Å². The fraction of sp³-hybridized carbons (Fsp3) is 0.200. The molecule has 1 aliphatic rings. The highest BCUT2D eigenvalue weighted by Crippen LogP contribution is 2.31. The summed E-state index contributed by atoms with van der Waals surface area (Å²) in [6, 6.07) is 11.5. The Bertz CT molecular complexity index is 610. The Morgan fingerprint density at radius 3 is 3.00 bits per heavy atom. The molecule has 2 aromatic rings. The maximum absolute atomic E-state index is 12.0. The van der Waals surface area contributed by atoms with Crippen LogP contribution < -0.4 is 10.6 Å². The van der Waals surface area contributed by atoms with E-state index in [1.54, 1.807) is 6.20 Å². The Balaban J connectivity index is 1.79. The van der Waals surface area contributed by atoms with Crippen LogP contribution in [-0.4, -0.2) is 10.9 Å². The van der Waals surface area contributed by atoms with Gasteiger partial charge in [-0.2, -0.15) is 0 Å². The molecule has 19 heavy (non-hydrogen) atoms. The summed E-state index contributed by atoms with van der Waals surface area (Å²) in [5.41, 5.74) is 3.99. The number of amides is 1. The third kappa shape index (κ3) is 2.35. The molecule has 4 nitrogen and oxygen atoms in total. The first-order valence-corrected chi connectivity index (χ1v) is 6.29. The zero-order valence-corrected chi connectivity index (χ0v) is 10.7. The molecule has 0 radical (unpaired) electrons. The van der Waals surface area contributed by atoms with Gasteiger partial charge in [0.2, 0.25) is 5.91 Å². The first-order valence-electron chi connectivity index (χ1n) is 6.29. The molecule has 2 N–H and O–H groups in total. The number of anilines is 1. The minimum atomic E-state index is -0.295. The van der Waals surface area contributed by atoms with Crippen molar-refractivity contribution in [3.05, 3.63) is 59.4 Å². The minimum Gasteiger partial charge on any atom is -0.324 e. The van der Waals surface area contributed by atoms with Gasteiger partial charge >= 0.3 is 0 Å². The highest BCUT2D eigenvalue weighted by molar-refractivity contribution is 6.02. The van der Waals surface area contributed by atoms with Crippen molar-refractivity contribution in [1.82, 2.24) is 10.3 Å². The van der Waals surface area contributed by atoms with Crippen molar-refractivity contribution >= 4 is 11.6 Å². The Kier molecular flexibility index (Phi) is 3.01. The molecular weight excluding hydrogens is 238 g/mol. The predicted octanol–water partition coefficient (Wildman–Crippen LogP) is 2.17. The normalized spacial score (nSPS) is 17.1. The fourth-order valence-corrected chi connectivity index (χ4v) is 2.29. The van der Waals surface area contributed by atoms with Gasteiger partial charge in [-0.05, 0) is 25.1 Å². The number of carbonyl (C=O) groups excluding carboxylic acids is 1. The van der Waals surface area contributed by atoms with E-state index in [2.05, 4.69) is 15.6 Å². The van der Waals surface area contributed by atoms with E-state index in [-0.39, 0.29) is 11.9 Å². The largest absolute Gasteiger partial charge is 0.324 e. The molecule has 1 aliphatic heterocycles. The number of pyridine rings is 1. The smallest absolute Gasteiger partial charge is 0.246 e. The molecule has 0 aliphatic carbocycles. The molecule has 0 bridgehead atoms. The Hall–Kier alpha value is -2.20. The Morgan fingerprint density at radius 2 is 2.21 bits per heavy atom. The summed E-state index contributed by atoms with van der Waals surface area (Å²) in [6.45, 7) is 2.60. The van der Waals surface area contributed by atoms with Gasteiger partial charge in [-0.3, -0.25) is 15.1 Å². The average molecular weight is 253 g/mol. The fourth-order valence-electron chi connectivity index (χ4n) is 2.29. The van der Waals surface area contributed by atoms with Crippen LogP contribution in [-0.2, 0) is 11.3 Å². The topological polar surface area (TPSA) is 54.0 Å². The molecule has 96 valence electrons. The predicted molar refractivity (Wildman–Crippen MR) is 73.6 cm³/mol. The summed E-state index contributed by atoms with van der Waals surface area (Å²) < 4.78 is 0. The molecule has 0 saturated heterocycles. The zero-order valence-electron chi connectivity index (χ0n) is 10.7. The summed E-state index contributed by atoms with van der Waals surface area (Å²) in [7, 11) is 0. The number of nitrogens with one attached hydrogen (secondary N) is 2. The van der Waals surface area contributed by atoms with Crippen LogP contribution in [0.3, 0.4) is 0 Å². The number of aryl methyl sites for hydroxylation is 1. The number of hydrogen-bond donors (Lipinski definition) is 2. The average Bonchev–Trinajstić information content (AvgIpc) is 2.73. The van der Waals surface area contributed by atoms with E-state index < -0.39 is 0 Å². The van der Waals surface area contributed by atoms with Gasteiger partial charge in [-0.15, -0.1) is 0 Å². The first kappa shape index (κ1) is 11.9. The molecule has 1 aromatic heterocycles. The Morgan fingerprint density at radius 1 is 1.32 bits per heavy atom. The van der Waals surface area contributed by atoms with Gasteiger partial charge in [0.15, 0.2) is 0 Å². The summed E-state index contributed by atoms with van der Waals surface area (Å²) in [6.07, 6.45) is 1.75. The molecule has 1 aromatic carbocycles. The first-order chi connectivity index (χ1) is 9.24. The quantitative estimate of drug-likeness (QED) is 0.881. The van der Waals surface area contributed by atoms with Gasteiger partial charge in [0.05, 0.1) is 5.69 Å². The van der Waals surface area contributed by atoms with Crippen LogP contribution >= 0.6 is 0 Å². The molecule has 1 atom stereocenters. The lowest BCUT2D eigenvalue weighted by Crippen LogP contribution is -2.27. The third-order valence-corrected chi connectivity index (χ3v) is 3.25. The van der Waals surface area contributed by atoms with E-state index >= 15 is 0 Å². The molecule has 0 saturated carbocycles. The SMILES string of the molecule is Cc1ccc2c(c1)C(NCc1ccccn1)C(=O)N2. The maximum atomic E-state index is 12.0. The maximum Gasteiger partial charge on any atom is 0.246 e. The van der Waals surface area contributed by atoms with E-state index in [9.17, 15) is 4.79 Å². The van der Waals surface area contributed by atoms with Crippen molar-refractivity contribution in [2.45, 2.75) is 19.5 Å². The molecule has 1 amide bonds. The van der Waals surface area contributed by atoms with Crippen LogP contribution in [0.25, 0.3) is 0 Å². The molecular formula is C15H15N3O.